The van der Waals surface area contributed by atoms with Crippen molar-refractivity contribution in [2.24, 2.45) is 0 Å². The Morgan fingerprint density at radius 1 is 0.833 bits per heavy atom. The Kier molecular flexibility index (Phi) is 3.28. The van der Waals surface area contributed by atoms with E-state index in [0.29, 0.717) is 11.3 Å². The lowest BCUT2D eigenvalue weighted by molar-refractivity contribution is 0.595. The number of hydrogen-bond acceptors (Lipinski definition) is 3. The molecule has 0 spiro atoms. The maximum Gasteiger partial charge on any atom is 0.261 e. The van der Waals surface area contributed by atoms with Gasteiger partial charge in [-0.25, -0.2) is 12.8 Å². The van der Waals surface area contributed by atoms with Crippen LogP contribution in [-0.4, -0.2) is 8.42 Å². The van der Waals surface area contributed by atoms with Crippen LogP contribution in [0.3, 0.4) is 0 Å². The van der Waals surface area contributed by atoms with E-state index >= 15 is 0 Å². The van der Waals surface area contributed by atoms with Gasteiger partial charge in [-0.2, -0.15) is 0 Å². The molecule has 4 aromatic rings. The summed E-state index contributed by atoms with van der Waals surface area (Å²) >= 11 is 0. The molecule has 4 rings (SSSR count). The lowest BCUT2D eigenvalue weighted by atomic mass is 10.1. The third-order valence-corrected chi connectivity index (χ3v) is 5.11. The van der Waals surface area contributed by atoms with Crippen LogP contribution >= 0.6 is 0 Å². The SMILES string of the molecule is O=S(=O)(Nc1ccc2oc3ccccc3c2c1)c1cccc(F)c1. The first kappa shape index (κ1) is 14.7. The molecule has 0 atom stereocenters. The minimum absolute atomic E-state index is 0.125. The first-order valence-electron chi connectivity index (χ1n) is 7.23. The average Bonchev–Trinajstić information content (AvgIpc) is 2.93. The van der Waals surface area contributed by atoms with Crippen molar-refractivity contribution in [2.75, 3.05) is 4.72 Å². The zero-order chi connectivity index (χ0) is 16.7. The Hall–Kier alpha value is -2.86. The summed E-state index contributed by atoms with van der Waals surface area (Å²) in [6, 6.07) is 17.4. The van der Waals surface area contributed by atoms with E-state index in [1.165, 1.54) is 18.2 Å². The number of rotatable bonds is 3. The predicted molar refractivity (Wildman–Crippen MR) is 90.9 cm³/mol. The fraction of sp³-hybridized carbons (Fsp3) is 0. The molecule has 6 heteroatoms. The Labute approximate surface area is 137 Å². The van der Waals surface area contributed by atoms with Crippen molar-refractivity contribution >= 4 is 37.6 Å². The van der Waals surface area contributed by atoms with E-state index in [1.807, 2.05) is 24.3 Å². The first-order valence-corrected chi connectivity index (χ1v) is 8.71. The van der Waals surface area contributed by atoms with Crippen molar-refractivity contribution < 1.29 is 17.2 Å². The molecule has 0 amide bonds. The number of para-hydroxylation sites is 1. The van der Waals surface area contributed by atoms with Crippen molar-refractivity contribution in [2.45, 2.75) is 4.90 Å². The smallest absolute Gasteiger partial charge is 0.261 e. The number of fused-ring (bicyclic) bond motifs is 3. The van der Waals surface area contributed by atoms with Crippen LogP contribution in [0.25, 0.3) is 21.9 Å². The predicted octanol–water partition coefficient (Wildman–Crippen LogP) is 4.53. The van der Waals surface area contributed by atoms with Crippen molar-refractivity contribution in [1.29, 1.82) is 0 Å². The van der Waals surface area contributed by atoms with Crippen LogP contribution in [-0.2, 0) is 10.0 Å². The van der Waals surface area contributed by atoms with Gasteiger partial charge in [-0.1, -0.05) is 24.3 Å². The van der Waals surface area contributed by atoms with Crippen LogP contribution in [0.5, 0.6) is 0 Å². The van der Waals surface area contributed by atoms with Gasteiger partial charge < -0.3 is 4.42 Å². The van der Waals surface area contributed by atoms with Crippen LogP contribution in [0.15, 0.2) is 76.0 Å². The standard InChI is InChI=1S/C18H12FNO3S/c19-12-4-3-5-14(10-12)24(21,22)20-13-8-9-18-16(11-13)15-6-1-2-7-17(15)23-18/h1-11,20H. The van der Waals surface area contributed by atoms with Crippen LogP contribution < -0.4 is 4.72 Å². The van der Waals surface area contributed by atoms with Gasteiger partial charge in [0, 0.05) is 16.5 Å². The quantitative estimate of drug-likeness (QED) is 0.596. The third kappa shape index (κ3) is 2.51. The number of anilines is 1. The highest BCUT2D eigenvalue weighted by atomic mass is 32.2. The molecular formula is C18H12FNO3S. The monoisotopic (exact) mass is 341 g/mol. The minimum atomic E-state index is -3.86. The van der Waals surface area contributed by atoms with E-state index in [0.717, 1.165) is 22.4 Å². The van der Waals surface area contributed by atoms with Crippen LogP contribution in [0.1, 0.15) is 0 Å². The largest absolute Gasteiger partial charge is 0.456 e. The summed E-state index contributed by atoms with van der Waals surface area (Å²) in [5.74, 6) is -0.603. The van der Waals surface area contributed by atoms with Crippen molar-refractivity contribution in [1.82, 2.24) is 0 Å². The van der Waals surface area contributed by atoms with E-state index in [4.69, 9.17) is 4.42 Å². The highest BCUT2D eigenvalue weighted by Gasteiger charge is 2.16. The molecule has 1 heterocycles. The second-order valence-electron chi connectivity index (χ2n) is 5.37. The summed E-state index contributed by atoms with van der Waals surface area (Å²) in [4.78, 5) is -0.125. The van der Waals surface area contributed by atoms with Gasteiger partial charge in [-0.15, -0.1) is 0 Å². The van der Waals surface area contributed by atoms with Crippen molar-refractivity contribution in [3.05, 3.63) is 72.5 Å². The maximum absolute atomic E-state index is 13.3. The highest BCUT2D eigenvalue weighted by molar-refractivity contribution is 7.92. The topological polar surface area (TPSA) is 59.3 Å². The van der Waals surface area contributed by atoms with E-state index in [-0.39, 0.29) is 4.90 Å². The van der Waals surface area contributed by atoms with Crippen LogP contribution in [0, 0.1) is 5.82 Å². The molecule has 120 valence electrons. The van der Waals surface area contributed by atoms with Crippen LogP contribution in [0.2, 0.25) is 0 Å². The van der Waals surface area contributed by atoms with Gasteiger partial charge >= 0.3 is 0 Å². The Balaban J connectivity index is 1.78. The molecular weight excluding hydrogens is 329 g/mol. The molecule has 0 radical (unpaired) electrons. The molecule has 0 aliphatic carbocycles. The Morgan fingerprint density at radius 2 is 1.62 bits per heavy atom. The summed E-state index contributed by atoms with van der Waals surface area (Å²) in [6.07, 6.45) is 0. The van der Waals surface area contributed by atoms with Gasteiger partial charge in [0.1, 0.15) is 17.0 Å². The number of hydrogen-bond donors (Lipinski definition) is 1. The minimum Gasteiger partial charge on any atom is -0.456 e. The maximum atomic E-state index is 13.3. The molecule has 0 aliphatic heterocycles. The molecule has 1 aromatic heterocycles. The van der Waals surface area contributed by atoms with Gasteiger partial charge in [0.25, 0.3) is 10.0 Å². The van der Waals surface area contributed by atoms with Gasteiger partial charge in [-0.3, -0.25) is 4.72 Å². The van der Waals surface area contributed by atoms with Crippen molar-refractivity contribution in [3.8, 4) is 0 Å². The molecule has 1 N–H and O–H groups in total. The van der Waals surface area contributed by atoms with E-state index < -0.39 is 15.8 Å². The summed E-state index contributed by atoms with van der Waals surface area (Å²) in [5.41, 5.74) is 1.79. The summed E-state index contributed by atoms with van der Waals surface area (Å²) in [6.45, 7) is 0. The number of nitrogens with one attached hydrogen (secondary N) is 1. The van der Waals surface area contributed by atoms with Crippen molar-refractivity contribution in [3.63, 3.8) is 0 Å². The highest BCUT2D eigenvalue weighted by Crippen LogP contribution is 2.31. The Bertz CT molecular complexity index is 1170. The van der Waals surface area contributed by atoms with E-state index in [9.17, 15) is 12.8 Å². The van der Waals surface area contributed by atoms with Gasteiger partial charge in [-0.05, 0) is 42.5 Å². The van der Waals surface area contributed by atoms with E-state index in [1.54, 1.807) is 18.2 Å². The Morgan fingerprint density at radius 3 is 2.46 bits per heavy atom. The summed E-state index contributed by atoms with van der Waals surface area (Å²) in [5, 5.41) is 1.71. The fourth-order valence-electron chi connectivity index (χ4n) is 2.64. The molecule has 24 heavy (non-hydrogen) atoms. The third-order valence-electron chi connectivity index (χ3n) is 3.74. The second kappa shape index (κ2) is 5.35. The van der Waals surface area contributed by atoms with E-state index in [2.05, 4.69) is 4.72 Å². The van der Waals surface area contributed by atoms with Crippen LogP contribution in [0.4, 0.5) is 10.1 Å². The average molecular weight is 341 g/mol. The normalized spacial score (nSPS) is 11.9. The summed E-state index contributed by atoms with van der Waals surface area (Å²) in [7, 11) is -3.86. The zero-order valence-electron chi connectivity index (χ0n) is 12.4. The summed E-state index contributed by atoms with van der Waals surface area (Å²) < 4.78 is 46.2. The molecule has 3 aromatic carbocycles. The second-order valence-corrected chi connectivity index (χ2v) is 7.05. The number of furan rings is 1. The van der Waals surface area contributed by atoms with Gasteiger partial charge in [0.15, 0.2) is 0 Å². The van der Waals surface area contributed by atoms with Gasteiger partial charge in [0.2, 0.25) is 0 Å². The zero-order valence-corrected chi connectivity index (χ0v) is 13.2. The number of halogens is 1. The molecule has 0 aliphatic rings. The molecule has 0 unspecified atom stereocenters. The number of benzene rings is 3. The lowest BCUT2D eigenvalue weighted by Gasteiger charge is -2.08. The fourth-order valence-corrected chi connectivity index (χ4v) is 3.72. The van der Waals surface area contributed by atoms with Gasteiger partial charge in [0.05, 0.1) is 4.90 Å². The molecule has 0 bridgehead atoms. The first-order chi connectivity index (χ1) is 11.5. The molecule has 0 fully saturated rings. The molecule has 4 nitrogen and oxygen atoms in total. The molecule has 0 saturated heterocycles. The lowest BCUT2D eigenvalue weighted by Crippen LogP contribution is -2.13. The molecule has 0 saturated carbocycles. The number of sulfonamides is 1.